The summed E-state index contributed by atoms with van der Waals surface area (Å²) in [7, 11) is 0. The minimum atomic E-state index is -0.322. The van der Waals surface area contributed by atoms with Gasteiger partial charge in [-0.05, 0) is 24.6 Å². The van der Waals surface area contributed by atoms with E-state index < -0.39 is 0 Å². The quantitative estimate of drug-likeness (QED) is 0.861. The molecule has 0 aliphatic carbocycles. The monoisotopic (exact) mass is 258 g/mol. The van der Waals surface area contributed by atoms with Gasteiger partial charge in [0.05, 0.1) is 12.5 Å². The maximum atomic E-state index is 12.1. The lowest BCUT2D eigenvalue weighted by Gasteiger charge is -2.14. The smallest absolute Gasteiger partial charge is 0.229 e. The molecule has 0 bridgehead atoms. The molecule has 4 heteroatoms. The fourth-order valence-corrected chi connectivity index (χ4v) is 1.96. The Labute approximate surface area is 112 Å². The number of hydrogen-bond acceptors (Lipinski definition) is 3. The number of nitrogens with one attached hydrogen (secondary N) is 1. The number of aryl methyl sites for hydroxylation is 1. The molecule has 1 unspecified atom stereocenters. The number of hydrogen-bond donors (Lipinski definition) is 2. The van der Waals surface area contributed by atoms with Crippen molar-refractivity contribution in [1.82, 2.24) is 5.32 Å². The van der Waals surface area contributed by atoms with E-state index in [1.165, 1.54) is 0 Å². The third-order valence-corrected chi connectivity index (χ3v) is 2.99. The summed E-state index contributed by atoms with van der Waals surface area (Å²) in [6.07, 6.45) is 0. The van der Waals surface area contributed by atoms with Crippen LogP contribution in [0.25, 0.3) is 0 Å². The zero-order chi connectivity index (χ0) is 13.7. The molecule has 1 amide bonds. The molecule has 1 aromatic heterocycles. The summed E-state index contributed by atoms with van der Waals surface area (Å²) in [5.74, 6) is 1.18. The normalized spacial score (nSPS) is 12.1. The lowest BCUT2D eigenvalue weighted by molar-refractivity contribution is -0.122. The lowest BCUT2D eigenvalue weighted by atomic mass is 9.98. The Balaban J connectivity index is 1.98. The lowest BCUT2D eigenvalue weighted by Crippen LogP contribution is -2.32. The molecular weight excluding hydrogens is 240 g/mol. The standard InChI is InChI=1S/C15H18N2O2/c1-11-7-8-13(19-11)10-17-15(18)14(9-16)12-5-3-2-4-6-12/h2-8,14H,9-10,16H2,1H3,(H,17,18). The van der Waals surface area contributed by atoms with Crippen molar-refractivity contribution in [2.75, 3.05) is 6.54 Å². The van der Waals surface area contributed by atoms with Crippen LogP contribution < -0.4 is 11.1 Å². The summed E-state index contributed by atoms with van der Waals surface area (Å²) in [5.41, 5.74) is 6.62. The van der Waals surface area contributed by atoms with Crippen LogP contribution in [-0.2, 0) is 11.3 Å². The minimum absolute atomic E-state index is 0.0808. The number of carbonyl (C=O) groups is 1. The van der Waals surface area contributed by atoms with Crippen molar-refractivity contribution in [3.05, 3.63) is 59.5 Å². The molecule has 0 saturated heterocycles. The molecule has 0 saturated carbocycles. The van der Waals surface area contributed by atoms with Crippen LogP contribution in [0.15, 0.2) is 46.9 Å². The van der Waals surface area contributed by atoms with Crippen LogP contribution in [0.2, 0.25) is 0 Å². The Morgan fingerprint density at radius 1 is 1.26 bits per heavy atom. The van der Waals surface area contributed by atoms with E-state index in [4.69, 9.17) is 10.2 Å². The molecule has 1 atom stereocenters. The molecule has 1 heterocycles. The number of rotatable bonds is 5. The average Bonchev–Trinajstić information content (AvgIpc) is 2.84. The Hall–Kier alpha value is -2.07. The molecule has 0 aliphatic heterocycles. The predicted octanol–water partition coefficient (Wildman–Crippen LogP) is 1.95. The Bertz CT molecular complexity index is 534. The number of benzene rings is 1. The van der Waals surface area contributed by atoms with Gasteiger partial charge in [-0.1, -0.05) is 30.3 Å². The van der Waals surface area contributed by atoms with Gasteiger partial charge in [0.2, 0.25) is 5.91 Å². The fourth-order valence-electron chi connectivity index (χ4n) is 1.96. The van der Waals surface area contributed by atoms with Gasteiger partial charge in [-0.2, -0.15) is 0 Å². The van der Waals surface area contributed by atoms with E-state index in [2.05, 4.69) is 5.32 Å². The van der Waals surface area contributed by atoms with Crippen molar-refractivity contribution in [3.63, 3.8) is 0 Å². The maximum absolute atomic E-state index is 12.1. The van der Waals surface area contributed by atoms with E-state index in [0.29, 0.717) is 6.54 Å². The second kappa shape index (κ2) is 6.20. The maximum Gasteiger partial charge on any atom is 0.229 e. The van der Waals surface area contributed by atoms with Crippen LogP contribution in [0, 0.1) is 6.92 Å². The number of amides is 1. The van der Waals surface area contributed by atoms with E-state index >= 15 is 0 Å². The molecule has 0 aliphatic rings. The van der Waals surface area contributed by atoms with E-state index in [1.54, 1.807) is 0 Å². The fraction of sp³-hybridized carbons (Fsp3) is 0.267. The second-order valence-corrected chi connectivity index (χ2v) is 4.43. The van der Waals surface area contributed by atoms with Gasteiger partial charge >= 0.3 is 0 Å². The molecule has 100 valence electrons. The zero-order valence-electron chi connectivity index (χ0n) is 10.9. The first-order valence-corrected chi connectivity index (χ1v) is 6.28. The molecule has 19 heavy (non-hydrogen) atoms. The number of carbonyl (C=O) groups excluding carboxylic acids is 1. The summed E-state index contributed by atoms with van der Waals surface area (Å²) >= 11 is 0. The molecule has 0 fully saturated rings. The van der Waals surface area contributed by atoms with Crippen LogP contribution in [0.3, 0.4) is 0 Å². The second-order valence-electron chi connectivity index (χ2n) is 4.43. The highest BCUT2D eigenvalue weighted by molar-refractivity contribution is 5.83. The van der Waals surface area contributed by atoms with Crippen LogP contribution in [0.5, 0.6) is 0 Å². The molecular formula is C15H18N2O2. The molecule has 3 N–H and O–H groups in total. The summed E-state index contributed by atoms with van der Waals surface area (Å²) < 4.78 is 5.41. The summed E-state index contributed by atoms with van der Waals surface area (Å²) in [5, 5.41) is 2.85. The van der Waals surface area contributed by atoms with Crippen molar-refractivity contribution >= 4 is 5.91 Å². The molecule has 0 radical (unpaired) electrons. The summed E-state index contributed by atoms with van der Waals surface area (Å²) in [6.45, 7) is 2.54. The van der Waals surface area contributed by atoms with Gasteiger partial charge in [0, 0.05) is 6.54 Å². The molecule has 2 aromatic rings. The predicted molar refractivity (Wildman–Crippen MR) is 73.5 cm³/mol. The van der Waals surface area contributed by atoms with Crippen LogP contribution >= 0.6 is 0 Å². The average molecular weight is 258 g/mol. The molecule has 1 aromatic carbocycles. The molecule has 4 nitrogen and oxygen atoms in total. The minimum Gasteiger partial charge on any atom is -0.465 e. The van der Waals surface area contributed by atoms with Crippen molar-refractivity contribution in [3.8, 4) is 0 Å². The van der Waals surface area contributed by atoms with Gasteiger partial charge in [0.1, 0.15) is 11.5 Å². The number of furan rings is 1. The van der Waals surface area contributed by atoms with Gasteiger partial charge < -0.3 is 15.5 Å². The van der Waals surface area contributed by atoms with E-state index in [1.807, 2.05) is 49.4 Å². The summed E-state index contributed by atoms with van der Waals surface area (Å²) in [6, 6.07) is 13.3. The zero-order valence-corrected chi connectivity index (χ0v) is 10.9. The number of nitrogens with two attached hydrogens (primary N) is 1. The van der Waals surface area contributed by atoms with Crippen LogP contribution in [0.1, 0.15) is 23.0 Å². The highest BCUT2D eigenvalue weighted by Crippen LogP contribution is 2.14. The van der Waals surface area contributed by atoms with E-state index in [9.17, 15) is 4.79 Å². The Morgan fingerprint density at radius 2 is 2.00 bits per heavy atom. The van der Waals surface area contributed by atoms with Gasteiger partial charge in [0.25, 0.3) is 0 Å². The van der Waals surface area contributed by atoms with E-state index in [-0.39, 0.29) is 18.4 Å². The molecule has 0 spiro atoms. The molecule has 2 rings (SSSR count). The Morgan fingerprint density at radius 3 is 2.58 bits per heavy atom. The highest BCUT2D eigenvalue weighted by atomic mass is 16.3. The van der Waals surface area contributed by atoms with Crippen molar-refractivity contribution in [1.29, 1.82) is 0 Å². The van der Waals surface area contributed by atoms with Gasteiger partial charge in [-0.25, -0.2) is 0 Å². The topological polar surface area (TPSA) is 68.3 Å². The third kappa shape index (κ3) is 3.45. The van der Waals surface area contributed by atoms with Crippen molar-refractivity contribution in [2.24, 2.45) is 5.73 Å². The SMILES string of the molecule is Cc1ccc(CNC(=O)C(CN)c2ccccc2)o1. The van der Waals surface area contributed by atoms with E-state index in [0.717, 1.165) is 17.1 Å². The Kier molecular flexibility index (Phi) is 4.36. The first-order valence-electron chi connectivity index (χ1n) is 6.28. The van der Waals surface area contributed by atoms with Gasteiger partial charge in [-0.3, -0.25) is 4.79 Å². The van der Waals surface area contributed by atoms with Crippen LogP contribution in [0.4, 0.5) is 0 Å². The first-order chi connectivity index (χ1) is 9.20. The van der Waals surface area contributed by atoms with Gasteiger partial charge in [-0.15, -0.1) is 0 Å². The third-order valence-electron chi connectivity index (χ3n) is 2.99. The van der Waals surface area contributed by atoms with Crippen molar-refractivity contribution < 1.29 is 9.21 Å². The highest BCUT2D eigenvalue weighted by Gasteiger charge is 2.18. The first kappa shape index (κ1) is 13.4. The van der Waals surface area contributed by atoms with Crippen molar-refractivity contribution in [2.45, 2.75) is 19.4 Å². The summed E-state index contributed by atoms with van der Waals surface area (Å²) in [4.78, 5) is 12.1. The largest absolute Gasteiger partial charge is 0.465 e. The van der Waals surface area contributed by atoms with Gasteiger partial charge in [0.15, 0.2) is 0 Å². The van der Waals surface area contributed by atoms with Crippen LogP contribution in [-0.4, -0.2) is 12.5 Å².